The fourth-order valence-electron chi connectivity index (χ4n) is 3.82. The first-order valence-electron chi connectivity index (χ1n) is 11.9. The average molecular weight is 478 g/mol. The lowest BCUT2D eigenvalue weighted by atomic mass is 10.00. The van der Waals surface area contributed by atoms with Crippen molar-refractivity contribution in [3.63, 3.8) is 0 Å². The average Bonchev–Trinajstić information content (AvgIpc) is 3.65. The molecule has 3 amide bonds. The molecule has 1 fully saturated rings. The summed E-state index contributed by atoms with van der Waals surface area (Å²) in [7, 11) is 0. The van der Waals surface area contributed by atoms with Crippen molar-refractivity contribution in [1.82, 2.24) is 15.5 Å². The topological polar surface area (TPSA) is 87.7 Å². The van der Waals surface area contributed by atoms with Crippen LogP contribution in [-0.4, -0.2) is 40.5 Å². The van der Waals surface area contributed by atoms with Gasteiger partial charge >= 0.3 is 6.09 Å². The lowest BCUT2D eigenvalue weighted by molar-refractivity contribution is -0.143. The van der Waals surface area contributed by atoms with Crippen LogP contribution < -0.4 is 10.6 Å². The summed E-state index contributed by atoms with van der Waals surface area (Å²) in [4.78, 5) is 41.1. The van der Waals surface area contributed by atoms with Gasteiger partial charge in [-0.3, -0.25) is 9.59 Å². The zero-order valence-corrected chi connectivity index (χ0v) is 20.9. The number of carbonyl (C=O) groups excluding carboxylic acids is 3. The Morgan fingerprint density at radius 3 is 2.40 bits per heavy atom. The minimum atomic E-state index is -0.863. The van der Waals surface area contributed by atoms with Crippen molar-refractivity contribution >= 4 is 24.0 Å². The van der Waals surface area contributed by atoms with Crippen molar-refractivity contribution in [3.8, 4) is 0 Å². The van der Waals surface area contributed by atoms with Crippen LogP contribution in [0.15, 0.2) is 61.2 Å². The van der Waals surface area contributed by atoms with Gasteiger partial charge in [-0.2, -0.15) is 0 Å². The third-order valence-electron chi connectivity index (χ3n) is 5.60. The molecule has 2 N–H and O–H groups in total. The highest BCUT2D eigenvalue weighted by Gasteiger charge is 2.43. The minimum absolute atomic E-state index is 0.0785. The third-order valence-corrected chi connectivity index (χ3v) is 5.60. The van der Waals surface area contributed by atoms with Crippen molar-refractivity contribution in [2.75, 3.05) is 0 Å². The van der Waals surface area contributed by atoms with Crippen LogP contribution in [-0.2, 0) is 20.9 Å². The summed E-state index contributed by atoms with van der Waals surface area (Å²) in [5.74, 6) is -0.609. The zero-order chi connectivity index (χ0) is 25.6. The smallest absolute Gasteiger partial charge is 0.408 e. The highest BCUT2D eigenvalue weighted by molar-refractivity contribution is 5.92. The van der Waals surface area contributed by atoms with Crippen molar-refractivity contribution in [3.05, 3.63) is 77.9 Å². The summed E-state index contributed by atoms with van der Waals surface area (Å²) in [6.45, 7) is 11.1. The van der Waals surface area contributed by atoms with E-state index in [0.29, 0.717) is 12.1 Å². The molecule has 1 aliphatic rings. The first-order chi connectivity index (χ1) is 16.6. The lowest BCUT2D eigenvalue weighted by Gasteiger charge is -2.34. The Bertz CT molecular complexity index is 1060. The van der Waals surface area contributed by atoms with Gasteiger partial charge in [-0.25, -0.2) is 4.79 Å². The van der Waals surface area contributed by atoms with Gasteiger partial charge in [-0.15, -0.1) is 0 Å². The number of hydrogen-bond donors (Lipinski definition) is 2. The van der Waals surface area contributed by atoms with E-state index in [1.54, 1.807) is 38.7 Å². The standard InChI is InChI=1S/C28H35N3O4/c1-6-20-13-10-14-22(17-20)24(25(32)29-18-21-11-8-7-9-12-21)31(23-15-16-23)26(33)19(2)30-27(34)35-28(3,4)5/h6-14,17,19,23-24H,1,15-16,18H2,2-5H3,(H,29,32)(H,30,34). The molecule has 0 saturated heterocycles. The second kappa shape index (κ2) is 11.2. The Balaban J connectivity index is 1.87. The molecule has 0 aliphatic heterocycles. The molecule has 1 saturated carbocycles. The molecule has 7 nitrogen and oxygen atoms in total. The molecule has 2 atom stereocenters. The summed E-state index contributed by atoms with van der Waals surface area (Å²) in [5.41, 5.74) is 1.82. The highest BCUT2D eigenvalue weighted by Crippen LogP contribution is 2.36. The van der Waals surface area contributed by atoms with E-state index in [1.807, 2.05) is 54.6 Å². The van der Waals surface area contributed by atoms with Gasteiger partial charge in [-0.1, -0.05) is 61.2 Å². The van der Waals surface area contributed by atoms with Gasteiger partial charge in [0.05, 0.1) is 0 Å². The van der Waals surface area contributed by atoms with Gasteiger partial charge < -0.3 is 20.3 Å². The lowest BCUT2D eigenvalue weighted by Crippen LogP contribution is -2.52. The molecular weight excluding hydrogens is 442 g/mol. The first kappa shape index (κ1) is 26.0. The number of benzene rings is 2. The Morgan fingerprint density at radius 1 is 1.11 bits per heavy atom. The van der Waals surface area contributed by atoms with Gasteiger partial charge in [0.25, 0.3) is 0 Å². The van der Waals surface area contributed by atoms with E-state index in [-0.39, 0.29) is 17.9 Å². The van der Waals surface area contributed by atoms with E-state index >= 15 is 0 Å². The summed E-state index contributed by atoms with van der Waals surface area (Å²) in [6.07, 6.45) is 2.63. The number of rotatable bonds is 9. The van der Waals surface area contributed by atoms with Gasteiger partial charge in [0, 0.05) is 12.6 Å². The monoisotopic (exact) mass is 477 g/mol. The summed E-state index contributed by atoms with van der Waals surface area (Å²) in [5, 5.41) is 5.62. The van der Waals surface area contributed by atoms with Crippen molar-refractivity contribution in [2.24, 2.45) is 0 Å². The van der Waals surface area contributed by atoms with Crippen LogP contribution in [0.1, 0.15) is 63.3 Å². The third kappa shape index (κ3) is 7.44. The molecule has 2 aromatic carbocycles. The maximum absolute atomic E-state index is 13.6. The Labute approximate surface area is 207 Å². The molecule has 0 aromatic heterocycles. The summed E-state index contributed by atoms with van der Waals surface area (Å²) < 4.78 is 5.31. The molecule has 3 rings (SSSR count). The molecule has 0 radical (unpaired) electrons. The normalized spacial score (nSPS) is 14.9. The number of alkyl carbamates (subject to hydrolysis) is 1. The zero-order valence-electron chi connectivity index (χ0n) is 20.9. The number of ether oxygens (including phenoxy) is 1. The highest BCUT2D eigenvalue weighted by atomic mass is 16.6. The number of nitrogens with zero attached hydrogens (tertiary/aromatic N) is 1. The second-order valence-corrected chi connectivity index (χ2v) is 9.82. The van der Waals surface area contributed by atoms with Crippen molar-refractivity contribution in [1.29, 1.82) is 0 Å². The minimum Gasteiger partial charge on any atom is -0.444 e. The number of carbonyl (C=O) groups is 3. The maximum atomic E-state index is 13.6. The number of amides is 3. The van der Waals surface area contributed by atoms with Crippen LogP contribution in [0.25, 0.3) is 6.08 Å². The Morgan fingerprint density at radius 2 is 1.80 bits per heavy atom. The van der Waals surface area contributed by atoms with Gasteiger partial charge in [0.1, 0.15) is 17.7 Å². The van der Waals surface area contributed by atoms with E-state index in [2.05, 4.69) is 17.2 Å². The molecule has 2 aromatic rings. The SMILES string of the molecule is C=Cc1cccc(C(C(=O)NCc2ccccc2)N(C(=O)C(C)NC(=O)OC(C)(C)C)C2CC2)c1. The van der Waals surface area contributed by atoms with E-state index in [1.165, 1.54) is 0 Å². The molecule has 0 spiro atoms. The molecule has 0 heterocycles. The Hall–Kier alpha value is -3.61. The predicted octanol–water partition coefficient (Wildman–Crippen LogP) is 4.59. The van der Waals surface area contributed by atoms with Crippen LogP contribution in [0, 0.1) is 0 Å². The largest absolute Gasteiger partial charge is 0.444 e. The fraction of sp³-hybridized carbons (Fsp3) is 0.393. The maximum Gasteiger partial charge on any atom is 0.408 e. The quantitative estimate of drug-likeness (QED) is 0.553. The van der Waals surface area contributed by atoms with Crippen LogP contribution in [0.3, 0.4) is 0 Å². The molecule has 2 unspecified atom stereocenters. The number of nitrogens with one attached hydrogen (secondary N) is 2. The molecule has 7 heteroatoms. The number of hydrogen-bond acceptors (Lipinski definition) is 4. The summed E-state index contributed by atoms with van der Waals surface area (Å²) >= 11 is 0. The molecule has 0 bridgehead atoms. The first-order valence-corrected chi connectivity index (χ1v) is 11.9. The van der Waals surface area contributed by atoms with Crippen molar-refractivity contribution in [2.45, 2.75) is 70.8 Å². The molecular formula is C28H35N3O4. The molecule has 186 valence electrons. The van der Waals surface area contributed by atoms with Crippen LogP contribution in [0.5, 0.6) is 0 Å². The van der Waals surface area contributed by atoms with Crippen LogP contribution in [0.2, 0.25) is 0 Å². The van der Waals surface area contributed by atoms with E-state index < -0.39 is 23.8 Å². The van der Waals surface area contributed by atoms with E-state index in [9.17, 15) is 14.4 Å². The van der Waals surface area contributed by atoms with Crippen LogP contribution >= 0.6 is 0 Å². The molecule has 35 heavy (non-hydrogen) atoms. The predicted molar refractivity (Wildman–Crippen MR) is 136 cm³/mol. The van der Waals surface area contributed by atoms with E-state index in [0.717, 1.165) is 24.0 Å². The molecule has 1 aliphatic carbocycles. The summed E-state index contributed by atoms with van der Waals surface area (Å²) in [6, 6.07) is 15.3. The van der Waals surface area contributed by atoms with Gasteiger partial charge in [0.15, 0.2) is 0 Å². The van der Waals surface area contributed by atoms with Gasteiger partial charge in [0.2, 0.25) is 11.8 Å². The fourth-order valence-corrected chi connectivity index (χ4v) is 3.82. The van der Waals surface area contributed by atoms with Gasteiger partial charge in [-0.05, 0) is 63.3 Å². The second-order valence-electron chi connectivity index (χ2n) is 9.82. The Kier molecular flexibility index (Phi) is 8.33. The van der Waals surface area contributed by atoms with E-state index in [4.69, 9.17) is 4.74 Å². The van der Waals surface area contributed by atoms with Crippen molar-refractivity contribution < 1.29 is 19.1 Å². The van der Waals surface area contributed by atoms with Crippen LogP contribution in [0.4, 0.5) is 4.79 Å².